The number of ether oxygens (including phenoxy) is 1. The zero-order valence-corrected chi connectivity index (χ0v) is 18.7. The van der Waals surface area contributed by atoms with Crippen LogP contribution in [0.2, 0.25) is 0 Å². The van der Waals surface area contributed by atoms with Crippen molar-refractivity contribution >= 4 is 32.5 Å². The number of fused-ring (bicyclic) bond motifs is 3. The van der Waals surface area contributed by atoms with E-state index in [2.05, 4.69) is 10.2 Å². The molecular formula is C23H18N4O6S. The molecule has 0 saturated carbocycles. The molecule has 0 saturated heterocycles. The number of benzene rings is 2. The van der Waals surface area contributed by atoms with Crippen LogP contribution >= 0.6 is 0 Å². The summed E-state index contributed by atoms with van der Waals surface area (Å²) in [6.45, 7) is -0.270. The number of hydrogen-bond donors (Lipinski definition) is 0. The van der Waals surface area contributed by atoms with E-state index in [0.717, 1.165) is 0 Å². The smallest absolute Gasteiger partial charge is 0.374 e. The maximum atomic E-state index is 12.7. The summed E-state index contributed by atoms with van der Waals surface area (Å²) in [4.78, 5) is 25.4. The minimum atomic E-state index is -3.69. The maximum absolute atomic E-state index is 12.7. The van der Waals surface area contributed by atoms with Crippen molar-refractivity contribution in [3.63, 3.8) is 0 Å². The first kappa shape index (κ1) is 21.6. The van der Waals surface area contributed by atoms with E-state index in [0.29, 0.717) is 22.5 Å². The first-order valence-corrected chi connectivity index (χ1v) is 11.8. The summed E-state index contributed by atoms with van der Waals surface area (Å²) in [7, 11) is -2.11. The first-order valence-electron chi connectivity index (χ1n) is 10.2. The van der Waals surface area contributed by atoms with E-state index in [9.17, 15) is 18.0 Å². The summed E-state index contributed by atoms with van der Waals surface area (Å²) in [6.07, 6.45) is 1.24. The molecule has 0 aliphatic heterocycles. The minimum absolute atomic E-state index is 0.142. The molecule has 172 valence electrons. The van der Waals surface area contributed by atoms with E-state index in [4.69, 9.17) is 9.15 Å². The molecule has 0 spiro atoms. The molecule has 5 aromatic rings. The van der Waals surface area contributed by atoms with Gasteiger partial charge in [-0.1, -0.05) is 30.3 Å². The van der Waals surface area contributed by atoms with Gasteiger partial charge in [-0.2, -0.15) is 0 Å². The Hall–Kier alpha value is -4.25. The summed E-state index contributed by atoms with van der Waals surface area (Å²) in [5, 5.41) is 8.59. The molecule has 11 heteroatoms. The highest BCUT2D eigenvalue weighted by atomic mass is 32.2. The van der Waals surface area contributed by atoms with Crippen molar-refractivity contribution in [1.29, 1.82) is 0 Å². The third-order valence-corrected chi connectivity index (χ3v) is 7.09. The topological polar surface area (TPSA) is 126 Å². The van der Waals surface area contributed by atoms with Gasteiger partial charge in [0.05, 0.1) is 27.8 Å². The van der Waals surface area contributed by atoms with Gasteiger partial charge >= 0.3 is 5.97 Å². The number of carbonyl (C=O) groups excluding carboxylic acids is 1. The average Bonchev–Trinajstić information content (AvgIpc) is 3.48. The van der Waals surface area contributed by atoms with Crippen molar-refractivity contribution in [2.24, 2.45) is 7.05 Å². The summed E-state index contributed by atoms with van der Waals surface area (Å²) in [5.41, 5.74) is 0.538. The lowest BCUT2D eigenvalue weighted by Gasteiger charge is -2.08. The zero-order chi connectivity index (χ0) is 23.9. The highest BCUT2D eigenvalue weighted by Gasteiger charge is 2.24. The molecule has 0 aliphatic carbocycles. The Bertz CT molecular complexity index is 1700. The number of rotatable bonds is 6. The Labute approximate surface area is 192 Å². The van der Waals surface area contributed by atoms with Crippen LogP contribution in [0, 0.1) is 0 Å². The first-order chi connectivity index (χ1) is 16.4. The predicted molar refractivity (Wildman–Crippen MR) is 121 cm³/mol. The number of carbonyl (C=O) groups is 1. The standard InChI is InChI=1S/C23H18N4O6S/c1-26-21(28)17-9-5-6-10-18(17)27-19(24-25-23(26)27)13-33-22(29)20-15(11-12-32-20)14-34(30,31)16-7-3-2-4-8-16/h2-12H,13-14H2,1H3. The quantitative estimate of drug-likeness (QED) is 0.341. The van der Waals surface area contributed by atoms with Gasteiger partial charge in [0.25, 0.3) is 5.56 Å². The third kappa shape index (κ3) is 3.65. The third-order valence-electron chi connectivity index (χ3n) is 5.41. The molecule has 0 amide bonds. The second-order valence-corrected chi connectivity index (χ2v) is 9.55. The molecule has 0 N–H and O–H groups in total. The second kappa shape index (κ2) is 8.27. The number of sulfone groups is 1. The monoisotopic (exact) mass is 478 g/mol. The molecule has 3 heterocycles. The normalized spacial score (nSPS) is 11.8. The van der Waals surface area contributed by atoms with Gasteiger partial charge in [0.2, 0.25) is 11.5 Å². The molecule has 10 nitrogen and oxygen atoms in total. The number of aryl methyl sites for hydroxylation is 1. The van der Waals surface area contributed by atoms with Crippen LogP contribution in [-0.2, 0) is 34.0 Å². The Morgan fingerprint density at radius 1 is 1.03 bits per heavy atom. The predicted octanol–water partition coefficient (Wildman–Crippen LogP) is 2.51. The molecule has 0 unspecified atom stereocenters. The van der Waals surface area contributed by atoms with Crippen LogP contribution in [0.4, 0.5) is 0 Å². The van der Waals surface area contributed by atoms with E-state index in [1.165, 1.54) is 29.0 Å². The molecule has 0 fully saturated rings. The van der Waals surface area contributed by atoms with Crippen molar-refractivity contribution in [1.82, 2.24) is 19.2 Å². The van der Waals surface area contributed by atoms with Crippen LogP contribution in [0.1, 0.15) is 21.9 Å². The molecule has 3 aromatic heterocycles. The highest BCUT2D eigenvalue weighted by molar-refractivity contribution is 7.90. The van der Waals surface area contributed by atoms with E-state index in [1.807, 2.05) is 0 Å². The second-order valence-electron chi connectivity index (χ2n) is 7.56. The van der Waals surface area contributed by atoms with Crippen LogP contribution in [-0.4, -0.2) is 33.6 Å². The lowest BCUT2D eigenvalue weighted by atomic mass is 10.2. The molecule has 0 bridgehead atoms. The van der Waals surface area contributed by atoms with Crippen molar-refractivity contribution < 1.29 is 22.4 Å². The van der Waals surface area contributed by atoms with E-state index in [1.54, 1.807) is 53.9 Å². The van der Waals surface area contributed by atoms with E-state index < -0.39 is 21.6 Å². The SMILES string of the molecule is Cn1c(=O)c2ccccc2n2c(COC(=O)c3occc3CS(=O)(=O)c3ccccc3)nnc12. The molecule has 0 radical (unpaired) electrons. The average molecular weight is 478 g/mol. The Morgan fingerprint density at radius 2 is 1.76 bits per heavy atom. The van der Waals surface area contributed by atoms with Crippen molar-refractivity contribution in [3.05, 3.63) is 94.4 Å². The van der Waals surface area contributed by atoms with Crippen LogP contribution in [0.5, 0.6) is 0 Å². The molecule has 2 aromatic carbocycles. The van der Waals surface area contributed by atoms with Crippen molar-refractivity contribution in [3.8, 4) is 0 Å². The minimum Gasteiger partial charge on any atom is -0.457 e. The lowest BCUT2D eigenvalue weighted by Crippen LogP contribution is -2.20. The molecular weight excluding hydrogens is 460 g/mol. The number of hydrogen-bond acceptors (Lipinski definition) is 8. The Balaban J connectivity index is 1.42. The van der Waals surface area contributed by atoms with Crippen LogP contribution in [0.3, 0.4) is 0 Å². The maximum Gasteiger partial charge on any atom is 0.374 e. The van der Waals surface area contributed by atoms with Gasteiger partial charge in [-0.05, 0) is 30.3 Å². The largest absolute Gasteiger partial charge is 0.457 e. The number of esters is 1. The Morgan fingerprint density at radius 3 is 2.56 bits per heavy atom. The molecule has 0 atom stereocenters. The van der Waals surface area contributed by atoms with Gasteiger partial charge in [-0.15, -0.1) is 10.2 Å². The van der Waals surface area contributed by atoms with Gasteiger partial charge in [0, 0.05) is 12.6 Å². The van der Waals surface area contributed by atoms with E-state index in [-0.39, 0.29) is 28.4 Å². The van der Waals surface area contributed by atoms with Crippen molar-refractivity contribution in [2.45, 2.75) is 17.3 Å². The van der Waals surface area contributed by atoms with Gasteiger partial charge in [-0.3, -0.25) is 13.8 Å². The van der Waals surface area contributed by atoms with Crippen molar-refractivity contribution in [2.75, 3.05) is 0 Å². The van der Waals surface area contributed by atoms with Gasteiger partial charge in [-0.25, -0.2) is 13.2 Å². The molecule has 34 heavy (non-hydrogen) atoms. The number of aromatic nitrogens is 4. The van der Waals surface area contributed by atoms with Gasteiger partial charge < -0.3 is 9.15 Å². The highest BCUT2D eigenvalue weighted by Crippen LogP contribution is 2.21. The fraction of sp³-hybridized carbons (Fsp3) is 0.130. The fourth-order valence-corrected chi connectivity index (χ4v) is 5.10. The molecule has 0 aliphatic rings. The van der Waals surface area contributed by atoms with Crippen LogP contribution in [0.25, 0.3) is 16.7 Å². The van der Waals surface area contributed by atoms with Crippen LogP contribution < -0.4 is 5.56 Å². The lowest BCUT2D eigenvalue weighted by molar-refractivity contribution is 0.0423. The number of nitrogens with zero attached hydrogens (tertiary/aromatic N) is 4. The summed E-state index contributed by atoms with van der Waals surface area (Å²) in [6, 6.07) is 16.3. The van der Waals surface area contributed by atoms with Gasteiger partial charge in [0.1, 0.15) is 0 Å². The summed E-state index contributed by atoms with van der Waals surface area (Å²) >= 11 is 0. The Kier molecular flexibility index (Phi) is 5.25. The van der Waals surface area contributed by atoms with E-state index >= 15 is 0 Å². The zero-order valence-electron chi connectivity index (χ0n) is 17.9. The molecule has 5 rings (SSSR count). The summed E-state index contributed by atoms with van der Waals surface area (Å²) < 4.78 is 39.0. The fourth-order valence-electron chi connectivity index (χ4n) is 3.73. The number of para-hydroxylation sites is 1. The number of furan rings is 1. The van der Waals surface area contributed by atoms with Crippen LogP contribution in [0.15, 0.2) is 81.0 Å². The summed E-state index contributed by atoms with van der Waals surface area (Å²) in [5.74, 6) is -0.874. The van der Waals surface area contributed by atoms with Gasteiger partial charge in [0.15, 0.2) is 22.3 Å².